The molecule has 0 bridgehead atoms. The topological polar surface area (TPSA) is 104 Å². The van der Waals surface area contributed by atoms with Gasteiger partial charge in [-0.05, 0) is 55.6 Å². The van der Waals surface area contributed by atoms with Crippen molar-refractivity contribution in [3.05, 3.63) is 89.8 Å². The van der Waals surface area contributed by atoms with Crippen LogP contribution in [0.3, 0.4) is 0 Å². The molecule has 0 unspecified atom stereocenters. The van der Waals surface area contributed by atoms with E-state index in [-0.39, 0.29) is 41.1 Å². The van der Waals surface area contributed by atoms with Crippen LogP contribution >= 0.6 is 0 Å². The molecule has 0 radical (unpaired) electrons. The number of ketones is 1. The number of benzene rings is 2. The molecule has 1 saturated heterocycles. The van der Waals surface area contributed by atoms with Crippen molar-refractivity contribution in [2.75, 3.05) is 52.3 Å². The van der Waals surface area contributed by atoms with Gasteiger partial charge in [0, 0.05) is 55.9 Å². The van der Waals surface area contributed by atoms with Crippen molar-refractivity contribution in [2.24, 2.45) is 0 Å². The van der Waals surface area contributed by atoms with Crippen molar-refractivity contribution in [1.82, 2.24) is 19.9 Å². The lowest BCUT2D eigenvalue weighted by Gasteiger charge is -2.37. The van der Waals surface area contributed by atoms with Crippen LogP contribution in [-0.2, 0) is 11.2 Å². The van der Waals surface area contributed by atoms with Crippen molar-refractivity contribution in [2.45, 2.75) is 12.5 Å². The Kier molecular flexibility index (Phi) is 8.81. The first-order chi connectivity index (χ1) is 20.4. The van der Waals surface area contributed by atoms with Crippen LogP contribution in [0.2, 0.25) is 0 Å². The molecule has 42 heavy (non-hydrogen) atoms. The number of carbonyl (C=O) groups is 1. The molecule has 0 amide bonds. The van der Waals surface area contributed by atoms with Crippen molar-refractivity contribution in [3.8, 4) is 34.3 Å². The minimum absolute atomic E-state index is 0.00538. The maximum Gasteiger partial charge on any atom is 0.185 e. The molecule has 2 aromatic heterocycles. The molecule has 2 aromatic carbocycles. The van der Waals surface area contributed by atoms with Crippen LogP contribution in [-0.4, -0.2) is 79.2 Å². The molecule has 3 heterocycles. The number of nitriles is 1. The number of hydrogen-bond acceptors (Lipinski definition) is 9. The van der Waals surface area contributed by atoms with Gasteiger partial charge in [0.2, 0.25) is 0 Å². The first-order valence-electron chi connectivity index (χ1n) is 13.6. The van der Waals surface area contributed by atoms with Gasteiger partial charge in [0.05, 0.1) is 37.0 Å². The summed E-state index contributed by atoms with van der Waals surface area (Å²) in [5.41, 5.74) is 4.03. The highest BCUT2D eigenvalue weighted by atomic mass is 19.1. The number of hydrogen-bond donors (Lipinski definition) is 0. The molecule has 0 aliphatic carbocycles. The summed E-state index contributed by atoms with van der Waals surface area (Å²) < 4.78 is 26.0. The SMILES string of the molecule is COc1cccc(F)c1-c1nccc(C(=O)Cc2ccc(-c3cnccc3C#N)cc2N2CCO[C@@H](CN(C)C)C2)n1. The van der Waals surface area contributed by atoms with E-state index in [0.717, 1.165) is 28.9 Å². The van der Waals surface area contributed by atoms with E-state index in [1.807, 2.05) is 32.3 Å². The third kappa shape index (κ3) is 6.28. The molecule has 0 saturated carbocycles. The van der Waals surface area contributed by atoms with E-state index in [9.17, 15) is 14.4 Å². The minimum atomic E-state index is -0.538. The van der Waals surface area contributed by atoms with Crippen LogP contribution in [0, 0.1) is 17.1 Å². The van der Waals surface area contributed by atoms with E-state index in [1.54, 1.807) is 24.5 Å². The normalized spacial score (nSPS) is 15.0. The van der Waals surface area contributed by atoms with Crippen molar-refractivity contribution in [1.29, 1.82) is 5.26 Å². The Morgan fingerprint density at radius 2 is 2.07 bits per heavy atom. The maximum absolute atomic E-state index is 14.7. The number of anilines is 1. The summed E-state index contributed by atoms with van der Waals surface area (Å²) in [4.78, 5) is 30.8. The predicted molar refractivity (Wildman–Crippen MR) is 157 cm³/mol. The molecular weight excluding hydrogens is 535 g/mol. The first-order valence-corrected chi connectivity index (χ1v) is 13.6. The van der Waals surface area contributed by atoms with E-state index in [2.05, 4.69) is 30.8 Å². The molecule has 0 N–H and O–H groups in total. The average molecular weight is 567 g/mol. The summed E-state index contributed by atoms with van der Waals surface area (Å²) in [5.74, 6) is -0.417. The molecule has 10 heteroatoms. The minimum Gasteiger partial charge on any atom is -0.496 e. The van der Waals surface area contributed by atoms with Crippen molar-refractivity contribution in [3.63, 3.8) is 0 Å². The highest BCUT2D eigenvalue weighted by molar-refractivity contribution is 5.97. The Hall–Kier alpha value is -4.72. The molecule has 214 valence electrons. The zero-order valence-corrected chi connectivity index (χ0v) is 23.7. The van der Waals surface area contributed by atoms with Gasteiger partial charge < -0.3 is 19.3 Å². The van der Waals surface area contributed by atoms with E-state index in [1.165, 1.54) is 31.5 Å². The van der Waals surface area contributed by atoms with Gasteiger partial charge in [0.1, 0.15) is 17.3 Å². The fourth-order valence-electron chi connectivity index (χ4n) is 5.14. The number of likely N-dealkylation sites (N-methyl/N-ethyl adjacent to an activating group) is 1. The van der Waals surface area contributed by atoms with Gasteiger partial charge in [-0.3, -0.25) is 9.78 Å². The van der Waals surface area contributed by atoms with E-state index in [4.69, 9.17) is 9.47 Å². The third-order valence-corrected chi connectivity index (χ3v) is 7.10. The Morgan fingerprint density at radius 3 is 2.86 bits per heavy atom. The first kappa shape index (κ1) is 28.8. The lowest BCUT2D eigenvalue weighted by atomic mass is 9.96. The maximum atomic E-state index is 14.7. The number of halogens is 1. The molecule has 4 aromatic rings. The Balaban J connectivity index is 1.50. The quantitative estimate of drug-likeness (QED) is 0.272. The Bertz CT molecular complexity index is 1640. The van der Waals surface area contributed by atoms with Crippen LogP contribution < -0.4 is 9.64 Å². The van der Waals surface area contributed by atoms with Crippen molar-refractivity contribution < 1.29 is 18.7 Å². The van der Waals surface area contributed by atoms with Gasteiger partial charge in [0.15, 0.2) is 11.6 Å². The summed E-state index contributed by atoms with van der Waals surface area (Å²) in [6, 6.07) is 15.7. The number of carbonyl (C=O) groups excluding carboxylic acids is 1. The highest BCUT2D eigenvalue weighted by Gasteiger charge is 2.25. The summed E-state index contributed by atoms with van der Waals surface area (Å²) in [5, 5.41) is 9.67. The number of Topliss-reactive ketones (excluding diaryl/α,β-unsaturated/α-hetero) is 1. The standard InChI is InChI=1S/C32H31FN6O3/c1-38(2)19-24-20-39(13-14-42-24)28-15-21(25-18-35-11-9-23(25)17-34)7-8-22(28)16-29(40)27-10-12-36-32(37-27)31-26(33)5-4-6-30(31)41-3/h4-12,15,18,24H,13-14,16,19-20H2,1-3H3/t24-/m0/s1. The second kappa shape index (κ2) is 12.9. The van der Waals surface area contributed by atoms with Gasteiger partial charge in [0.25, 0.3) is 0 Å². The molecule has 1 fully saturated rings. The van der Waals surface area contributed by atoms with E-state index >= 15 is 0 Å². The van der Waals surface area contributed by atoms with Crippen LogP contribution in [0.4, 0.5) is 10.1 Å². The lowest BCUT2D eigenvalue weighted by Crippen LogP contribution is -2.46. The number of pyridine rings is 1. The number of methoxy groups -OCH3 is 1. The van der Waals surface area contributed by atoms with Gasteiger partial charge in [-0.15, -0.1) is 0 Å². The zero-order valence-electron chi connectivity index (χ0n) is 23.7. The number of rotatable bonds is 9. The zero-order chi connectivity index (χ0) is 29.6. The van der Waals surface area contributed by atoms with Crippen LogP contribution in [0.15, 0.2) is 67.1 Å². The Morgan fingerprint density at radius 1 is 1.21 bits per heavy atom. The van der Waals surface area contributed by atoms with Gasteiger partial charge in [-0.2, -0.15) is 5.26 Å². The van der Waals surface area contributed by atoms with Gasteiger partial charge in [-0.1, -0.05) is 18.2 Å². The van der Waals surface area contributed by atoms with Crippen LogP contribution in [0.1, 0.15) is 21.6 Å². The number of morpholine rings is 1. The fraction of sp³-hybridized carbons (Fsp3) is 0.281. The number of ether oxygens (including phenoxy) is 2. The lowest BCUT2D eigenvalue weighted by molar-refractivity contribution is 0.0247. The largest absolute Gasteiger partial charge is 0.496 e. The average Bonchev–Trinajstić information content (AvgIpc) is 3.01. The van der Waals surface area contributed by atoms with Gasteiger partial charge >= 0.3 is 0 Å². The second-order valence-corrected chi connectivity index (χ2v) is 10.3. The van der Waals surface area contributed by atoms with Gasteiger partial charge in [-0.25, -0.2) is 14.4 Å². The summed E-state index contributed by atoms with van der Waals surface area (Å²) >= 11 is 0. The molecule has 1 aliphatic heterocycles. The van der Waals surface area contributed by atoms with E-state index in [0.29, 0.717) is 25.3 Å². The fourth-order valence-corrected chi connectivity index (χ4v) is 5.14. The number of aromatic nitrogens is 3. The predicted octanol–water partition coefficient (Wildman–Crippen LogP) is 4.42. The monoisotopic (exact) mass is 566 g/mol. The molecule has 5 rings (SSSR count). The Labute approximate surface area is 244 Å². The molecule has 1 atom stereocenters. The van der Waals surface area contributed by atoms with Crippen molar-refractivity contribution >= 4 is 11.5 Å². The molecule has 9 nitrogen and oxygen atoms in total. The van der Waals surface area contributed by atoms with E-state index < -0.39 is 5.82 Å². The summed E-state index contributed by atoms with van der Waals surface area (Å²) in [7, 11) is 5.45. The summed E-state index contributed by atoms with van der Waals surface area (Å²) in [6.07, 6.45) is 4.78. The third-order valence-electron chi connectivity index (χ3n) is 7.10. The number of nitrogens with zero attached hydrogens (tertiary/aromatic N) is 6. The van der Waals surface area contributed by atoms with Crippen LogP contribution in [0.5, 0.6) is 5.75 Å². The molecule has 1 aliphatic rings. The highest BCUT2D eigenvalue weighted by Crippen LogP contribution is 2.33. The summed E-state index contributed by atoms with van der Waals surface area (Å²) in [6.45, 7) is 2.60. The second-order valence-electron chi connectivity index (χ2n) is 10.3. The van der Waals surface area contributed by atoms with Crippen LogP contribution in [0.25, 0.3) is 22.5 Å². The smallest absolute Gasteiger partial charge is 0.185 e. The molecule has 0 spiro atoms. The molecular formula is C32H31FN6O3.